The zero-order valence-electron chi connectivity index (χ0n) is 12.8. The van der Waals surface area contributed by atoms with E-state index in [-0.39, 0.29) is 11.9 Å². The summed E-state index contributed by atoms with van der Waals surface area (Å²) in [6, 6.07) is 0. The lowest BCUT2D eigenvalue weighted by molar-refractivity contribution is -0.148. The van der Waals surface area contributed by atoms with Crippen LogP contribution in [0.1, 0.15) is 90.4 Å². The molecule has 0 heterocycles. The van der Waals surface area contributed by atoms with Crippen molar-refractivity contribution in [2.45, 2.75) is 90.4 Å². The molecule has 1 aliphatic rings. The molecule has 0 unspecified atom stereocenters. The van der Waals surface area contributed by atoms with Gasteiger partial charge in [-0.3, -0.25) is 4.79 Å². The van der Waals surface area contributed by atoms with E-state index in [1.165, 1.54) is 64.2 Å². The molecule has 1 saturated carbocycles. The normalized spacial score (nSPS) is 15.8. The fourth-order valence-corrected chi connectivity index (χ4v) is 2.86. The van der Waals surface area contributed by atoms with Gasteiger partial charge in [-0.05, 0) is 19.3 Å². The van der Waals surface area contributed by atoms with Crippen molar-refractivity contribution in [2.24, 2.45) is 5.92 Å². The summed E-state index contributed by atoms with van der Waals surface area (Å²) in [5.74, 6) is 0.288. The van der Waals surface area contributed by atoms with Gasteiger partial charge < -0.3 is 4.74 Å². The van der Waals surface area contributed by atoms with Gasteiger partial charge in [0.15, 0.2) is 0 Å². The fraction of sp³-hybridized carbons (Fsp3) is 0.941. The van der Waals surface area contributed by atoms with Gasteiger partial charge in [-0.15, -0.1) is 0 Å². The minimum absolute atomic E-state index is 0.0667. The summed E-state index contributed by atoms with van der Waals surface area (Å²) in [5.41, 5.74) is 0. The van der Waals surface area contributed by atoms with Gasteiger partial charge in [0.25, 0.3) is 0 Å². The summed E-state index contributed by atoms with van der Waals surface area (Å²) in [6.07, 6.45) is 16.3. The Morgan fingerprint density at radius 3 is 2.00 bits per heavy atom. The number of ether oxygens (including phenoxy) is 1. The second-order valence-electron chi connectivity index (χ2n) is 5.98. The van der Waals surface area contributed by atoms with E-state index in [2.05, 4.69) is 6.92 Å². The lowest BCUT2D eigenvalue weighted by Crippen LogP contribution is -2.15. The van der Waals surface area contributed by atoms with Crippen molar-refractivity contribution in [1.29, 1.82) is 0 Å². The van der Waals surface area contributed by atoms with E-state index < -0.39 is 0 Å². The van der Waals surface area contributed by atoms with Gasteiger partial charge in [-0.2, -0.15) is 0 Å². The van der Waals surface area contributed by atoms with E-state index in [9.17, 15) is 4.79 Å². The molecule has 0 spiro atoms. The average molecular weight is 268 g/mol. The molecule has 112 valence electrons. The highest BCUT2D eigenvalue weighted by molar-refractivity contribution is 5.72. The van der Waals surface area contributed by atoms with Gasteiger partial charge in [0, 0.05) is 0 Å². The molecule has 0 N–H and O–H groups in total. The van der Waals surface area contributed by atoms with Crippen LogP contribution in [0.25, 0.3) is 0 Å². The summed E-state index contributed by atoms with van der Waals surface area (Å²) in [7, 11) is 0. The van der Waals surface area contributed by atoms with Crippen molar-refractivity contribution in [2.75, 3.05) is 6.61 Å². The number of hydrogen-bond donors (Lipinski definition) is 0. The highest BCUT2D eigenvalue weighted by Gasteiger charge is 2.23. The molecule has 0 atom stereocenters. The molecule has 2 nitrogen and oxygen atoms in total. The zero-order chi connectivity index (χ0) is 13.8. The molecule has 1 aliphatic carbocycles. The summed E-state index contributed by atoms with van der Waals surface area (Å²) >= 11 is 0. The molecule has 0 saturated heterocycles. The molecule has 0 aromatic heterocycles. The standard InChI is InChI=1S/C17H32O2/c1-2-3-4-5-6-7-8-9-12-15-19-17(18)16-13-10-11-14-16/h16H,2-15H2,1H3. The van der Waals surface area contributed by atoms with Gasteiger partial charge >= 0.3 is 5.97 Å². The Kier molecular flexibility index (Phi) is 9.84. The van der Waals surface area contributed by atoms with Crippen LogP contribution in [0.5, 0.6) is 0 Å². The van der Waals surface area contributed by atoms with Gasteiger partial charge in [0.05, 0.1) is 12.5 Å². The average Bonchev–Trinajstić information content (AvgIpc) is 2.95. The van der Waals surface area contributed by atoms with Crippen LogP contribution in [-0.4, -0.2) is 12.6 Å². The predicted molar refractivity (Wildman–Crippen MR) is 80.1 cm³/mol. The number of esters is 1. The van der Waals surface area contributed by atoms with Crippen molar-refractivity contribution in [3.63, 3.8) is 0 Å². The van der Waals surface area contributed by atoms with Gasteiger partial charge in [-0.25, -0.2) is 0 Å². The number of carbonyl (C=O) groups excluding carboxylic acids is 1. The molecule has 0 aromatic carbocycles. The first-order valence-electron chi connectivity index (χ1n) is 8.51. The summed E-state index contributed by atoms with van der Waals surface area (Å²) < 4.78 is 5.35. The van der Waals surface area contributed by atoms with Crippen LogP contribution < -0.4 is 0 Å². The quantitative estimate of drug-likeness (QED) is 0.378. The second kappa shape index (κ2) is 11.3. The smallest absolute Gasteiger partial charge is 0.308 e. The molecule has 0 amide bonds. The Balaban J connectivity index is 1.79. The van der Waals surface area contributed by atoms with Crippen LogP contribution in [-0.2, 0) is 9.53 Å². The van der Waals surface area contributed by atoms with Crippen LogP contribution in [0.3, 0.4) is 0 Å². The lowest BCUT2D eigenvalue weighted by Gasteiger charge is -2.09. The number of unbranched alkanes of at least 4 members (excludes halogenated alkanes) is 8. The maximum Gasteiger partial charge on any atom is 0.308 e. The molecule has 1 fully saturated rings. The maximum absolute atomic E-state index is 11.7. The van der Waals surface area contributed by atoms with Crippen LogP contribution >= 0.6 is 0 Å². The first kappa shape index (κ1) is 16.5. The third kappa shape index (κ3) is 8.28. The molecular weight excluding hydrogens is 236 g/mol. The molecule has 0 aliphatic heterocycles. The molecule has 1 rings (SSSR count). The van der Waals surface area contributed by atoms with Gasteiger partial charge in [-0.1, -0.05) is 71.1 Å². The van der Waals surface area contributed by atoms with Crippen molar-refractivity contribution < 1.29 is 9.53 Å². The van der Waals surface area contributed by atoms with E-state index in [0.29, 0.717) is 6.61 Å². The fourth-order valence-electron chi connectivity index (χ4n) is 2.86. The number of rotatable bonds is 11. The Labute approximate surface area is 119 Å². The Morgan fingerprint density at radius 1 is 0.895 bits per heavy atom. The van der Waals surface area contributed by atoms with E-state index >= 15 is 0 Å². The van der Waals surface area contributed by atoms with E-state index in [1.807, 2.05) is 0 Å². The topological polar surface area (TPSA) is 26.3 Å². The first-order valence-corrected chi connectivity index (χ1v) is 8.51. The molecular formula is C17H32O2. The van der Waals surface area contributed by atoms with Crippen LogP contribution in [0.4, 0.5) is 0 Å². The lowest BCUT2D eigenvalue weighted by atomic mass is 10.1. The van der Waals surface area contributed by atoms with Crippen molar-refractivity contribution in [3.8, 4) is 0 Å². The summed E-state index contributed by atoms with van der Waals surface area (Å²) in [4.78, 5) is 11.7. The van der Waals surface area contributed by atoms with Crippen LogP contribution in [0.2, 0.25) is 0 Å². The SMILES string of the molecule is CCCCCCCCCCCOC(=O)C1CCCC1. The Bertz CT molecular complexity index is 219. The van der Waals surface area contributed by atoms with Crippen molar-refractivity contribution in [1.82, 2.24) is 0 Å². The summed E-state index contributed by atoms with van der Waals surface area (Å²) in [6.45, 7) is 2.90. The van der Waals surface area contributed by atoms with E-state index in [0.717, 1.165) is 19.3 Å². The van der Waals surface area contributed by atoms with Crippen molar-refractivity contribution >= 4 is 5.97 Å². The third-order valence-electron chi connectivity index (χ3n) is 4.18. The monoisotopic (exact) mass is 268 g/mol. The molecule has 0 radical (unpaired) electrons. The second-order valence-corrected chi connectivity index (χ2v) is 5.98. The van der Waals surface area contributed by atoms with Crippen LogP contribution in [0.15, 0.2) is 0 Å². The Hall–Kier alpha value is -0.530. The van der Waals surface area contributed by atoms with Crippen LogP contribution in [0, 0.1) is 5.92 Å². The highest BCUT2D eigenvalue weighted by Crippen LogP contribution is 2.25. The number of hydrogen-bond acceptors (Lipinski definition) is 2. The van der Waals surface area contributed by atoms with Crippen molar-refractivity contribution in [3.05, 3.63) is 0 Å². The van der Waals surface area contributed by atoms with E-state index in [1.54, 1.807) is 0 Å². The molecule has 0 bridgehead atoms. The highest BCUT2D eigenvalue weighted by atomic mass is 16.5. The van der Waals surface area contributed by atoms with Gasteiger partial charge in [0.1, 0.15) is 0 Å². The Morgan fingerprint density at radius 2 is 1.42 bits per heavy atom. The number of carbonyl (C=O) groups is 1. The van der Waals surface area contributed by atoms with E-state index in [4.69, 9.17) is 4.74 Å². The maximum atomic E-state index is 11.7. The molecule has 0 aromatic rings. The van der Waals surface area contributed by atoms with Gasteiger partial charge in [0.2, 0.25) is 0 Å². The first-order chi connectivity index (χ1) is 9.34. The largest absolute Gasteiger partial charge is 0.465 e. The minimum atomic E-state index is 0.0667. The summed E-state index contributed by atoms with van der Waals surface area (Å²) in [5, 5.41) is 0. The zero-order valence-corrected chi connectivity index (χ0v) is 12.8. The molecule has 19 heavy (non-hydrogen) atoms. The molecule has 2 heteroatoms. The third-order valence-corrected chi connectivity index (χ3v) is 4.18. The predicted octanol–water partition coefficient (Wildman–Crippen LogP) is 5.25. The minimum Gasteiger partial charge on any atom is -0.465 e.